The number of urea groups is 1. The molecule has 116 valence electrons. The number of nitrogens with one attached hydrogen (secondary N) is 2. The number of fused-ring (bicyclic) bond motifs is 1. The van der Waals surface area contributed by atoms with Gasteiger partial charge < -0.3 is 25.2 Å². The molecule has 6 nitrogen and oxygen atoms in total. The number of amides is 2. The molecule has 1 atom stereocenters. The second kappa shape index (κ2) is 6.67. The highest BCUT2D eigenvalue weighted by atomic mass is 32.1. The maximum atomic E-state index is 11.8. The normalized spacial score (nSPS) is 13.7. The Hall–Kier alpha value is -2.25. The molecule has 0 unspecified atom stereocenters. The zero-order valence-electron chi connectivity index (χ0n) is 11.7. The van der Waals surface area contributed by atoms with E-state index in [4.69, 9.17) is 9.47 Å². The Bertz CT molecular complexity index is 645. The van der Waals surface area contributed by atoms with Gasteiger partial charge in [0.25, 0.3) is 0 Å². The van der Waals surface area contributed by atoms with E-state index in [1.807, 2.05) is 16.8 Å². The van der Waals surface area contributed by atoms with E-state index in [1.165, 1.54) is 11.3 Å². The largest absolute Gasteiger partial charge is 0.454 e. The van der Waals surface area contributed by atoms with Crippen LogP contribution in [0.15, 0.2) is 35.0 Å². The minimum absolute atomic E-state index is 0.200. The van der Waals surface area contributed by atoms with Crippen molar-refractivity contribution in [3.63, 3.8) is 0 Å². The average molecular weight is 320 g/mol. The number of rotatable bonds is 5. The van der Waals surface area contributed by atoms with Gasteiger partial charge in [-0.25, -0.2) is 4.79 Å². The molecule has 3 rings (SSSR count). The van der Waals surface area contributed by atoms with Gasteiger partial charge in [-0.15, -0.1) is 0 Å². The van der Waals surface area contributed by atoms with Gasteiger partial charge in [0.2, 0.25) is 6.79 Å². The number of carbonyl (C=O) groups is 1. The maximum absolute atomic E-state index is 11.8. The number of hydrogen-bond acceptors (Lipinski definition) is 5. The molecular weight excluding hydrogens is 304 g/mol. The minimum Gasteiger partial charge on any atom is -0.454 e. The molecule has 1 aliphatic heterocycles. The van der Waals surface area contributed by atoms with Crippen molar-refractivity contribution in [2.45, 2.75) is 12.5 Å². The highest BCUT2D eigenvalue weighted by Crippen LogP contribution is 2.34. The molecule has 1 aromatic heterocycles. The van der Waals surface area contributed by atoms with Gasteiger partial charge in [-0.1, -0.05) is 0 Å². The van der Waals surface area contributed by atoms with Gasteiger partial charge in [-0.2, -0.15) is 11.3 Å². The van der Waals surface area contributed by atoms with Crippen molar-refractivity contribution in [1.82, 2.24) is 5.32 Å². The summed E-state index contributed by atoms with van der Waals surface area (Å²) in [7, 11) is 0. The molecule has 1 aliphatic rings. The summed E-state index contributed by atoms with van der Waals surface area (Å²) in [5.41, 5.74) is 1.50. The molecule has 22 heavy (non-hydrogen) atoms. The minimum atomic E-state index is -0.558. The Morgan fingerprint density at radius 3 is 3.00 bits per heavy atom. The lowest BCUT2D eigenvalue weighted by molar-refractivity contribution is 0.168. The van der Waals surface area contributed by atoms with Crippen LogP contribution in [0.2, 0.25) is 0 Å². The van der Waals surface area contributed by atoms with Crippen molar-refractivity contribution in [3.05, 3.63) is 40.6 Å². The monoisotopic (exact) mass is 320 g/mol. The van der Waals surface area contributed by atoms with E-state index in [0.717, 1.165) is 5.56 Å². The number of anilines is 1. The van der Waals surface area contributed by atoms with Gasteiger partial charge in [0.15, 0.2) is 11.5 Å². The SMILES string of the molecule is O=C(NCC[C@H](O)c1ccsc1)Nc1ccc2c(c1)OCO2. The third-order valence-corrected chi connectivity index (χ3v) is 3.96. The first-order valence-corrected chi connectivity index (χ1v) is 7.81. The number of ether oxygens (including phenoxy) is 2. The van der Waals surface area contributed by atoms with Gasteiger partial charge in [-0.05, 0) is 40.9 Å². The Morgan fingerprint density at radius 1 is 1.32 bits per heavy atom. The number of thiophene rings is 1. The summed E-state index contributed by atoms with van der Waals surface area (Å²) in [6, 6.07) is 6.76. The fourth-order valence-electron chi connectivity index (χ4n) is 2.10. The quantitative estimate of drug-likeness (QED) is 0.791. The summed E-state index contributed by atoms with van der Waals surface area (Å²) < 4.78 is 10.5. The molecule has 7 heteroatoms. The molecule has 2 amide bonds. The number of aliphatic hydroxyl groups excluding tert-OH is 1. The van der Waals surface area contributed by atoms with Crippen molar-refractivity contribution < 1.29 is 19.4 Å². The zero-order valence-corrected chi connectivity index (χ0v) is 12.6. The molecule has 0 spiro atoms. The maximum Gasteiger partial charge on any atom is 0.319 e. The molecule has 0 bridgehead atoms. The molecule has 3 N–H and O–H groups in total. The van der Waals surface area contributed by atoms with E-state index >= 15 is 0 Å². The summed E-state index contributed by atoms with van der Waals surface area (Å²) >= 11 is 1.54. The van der Waals surface area contributed by atoms with Gasteiger partial charge in [0.1, 0.15) is 0 Å². The van der Waals surface area contributed by atoms with E-state index in [9.17, 15) is 9.90 Å². The summed E-state index contributed by atoms with van der Waals surface area (Å²) in [6.07, 6.45) is -0.0947. The van der Waals surface area contributed by atoms with Crippen LogP contribution >= 0.6 is 11.3 Å². The lowest BCUT2D eigenvalue weighted by Crippen LogP contribution is -2.30. The molecule has 0 fully saturated rings. The van der Waals surface area contributed by atoms with Crippen LogP contribution in [0.5, 0.6) is 11.5 Å². The smallest absolute Gasteiger partial charge is 0.319 e. The molecular formula is C15H16N2O4S. The Morgan fingerprint density at radius 2 is 2.18 bits per heavy atom. The number of hydrogen-bond donors (Lipinski definition) is 3. The van der Waals surface area contributed by atoms with Crippen LogP contribution in [-0.2, 0) is 0 Å². The summed E-state index contributed by atoms with van der Waals surface area (Å²) in [4.78, 5) is 11.8. The first-order valence-electron chi connectivity index (χ1n) is 6.87. The van der Waals surface area contributed by atoms with Crippen molar-refractivity contribution in [2.24, 2.45) is 0 Å². The Labute approximate surface area is 131 Å². The van der Waals surface area contributed by atoms with Crippen LogP contribution in [0.25, 0.3) is 0 Å². The molecule has 2 aromatic rings. The van der Waals surface area contributed by atoms with Crippen LogP contribution in [-0.4, -0.2) is 24.5 Å². The van der Waals surface area contributed by atoms with Crippen molar-refractivity contribution in [1.29, 1.82) is 0 Å². The summed E-state index contributed by atoms with van der Waals surface area (Å²) in [5, 5.41) is 19.2. The van der Waals surface area contributed by atoms with E-state index < -0.39 is 6.10 Å². The van der Waals surface area contributed by atoms with E-state index in [2.05, 4.69) is 10.6 Å². The third kappa shape index (κ3) is 3.49. The number of benzene rings is 1. The van der Waals surface area contributed by atoms with Crippen molar-refractivity contribution in [2.75, 3.05) is 18.7 Å². The highest BCUT2D eigenvalue weighted by molar-refractivity contribution is 7.07. The standard InChI is InChI=1S/C15H16N2O4S/c18-12(10-4-6-22-8-10)3-5-16-15(19)17-11-1-2-13-14(7-11)21-9-20-13/h1-2,4,6-8,12,18H,3,5,9H2,(H2,16,17,19)/t12-/m0/s1. The number of aliphatic hydroxyl groups is 1. The molecule has 0 radical (unpaired) electrons. The van der Waals surface area contributed by atoms with Crippen molar-refractivity contribution >= 4 is 23.1 Å². The van der Waals surface area contributed by atoms with E-state index in [0.29, 0.717) is 30.2 Å². The Balaban J connectivity index is 1.44. The third-order valence-electron chi connectivity index (χ3n) is 3.26. The van der Waals surface area contributed by atoms with Gasteiger partial charge in [0.05, 0.1) is 6.10 Å². The fourth-order valence-corrected chi connectivity index (χ4v) is 2.81. The molecule has 0 saturated carbocycles. The highest BCUT2D eigenvalue weighted by Gasteiger charge is 2.14. The van der Waals surface area contributed by atoms with Crippen LogP contribution in [0.1, 0.15) is 18.1 Å². The topological polar surface area (TPSA) is 79.8 Å². The zero-order chi connectivity index (χ0) is 15.4. The molecule has 0 saturated heterocycles. The summed E-state index contributed by atoms with van der Waals surface area (Å²) in [6.45, 7) is 0.582. The van der Waals surface area contributed by atoms with E-state index in [1.54, 1.807) is 18.2 Å². The molecule has 1 aromatic carbocycles. The van der Waals surface area contributed by atoms with Crippen molar-refractivity contribution in [3.8, 4) is 11.5 Å². The van der Waals surface area contributed by atoms with Crippen LogP contribution in [0, 0.1) is 0 Å². The lowest BCUT2D eigenvalue weighted by atomic mass is 10.1. The predicted octanol–water partition coefficient (Wildman–Crippen LogP) is 2.72. The summed E-state index contributed by atoms with van der Waals surface area (Å²) in [5.74, 6) is 1.29. The first-order chi connectivity index (χ1) is 10.7. The van der Waals surface area contributed by atoms with Crippen LogP contribution < -0.4 is 20.1 Å². The first kappa shape index (κ1) is 14.7. The predicted molar refractivity (Wildman–Crippen MR) is 83.5 cm³/mol. The number of carbonyl (C=O) groups excluding carboxylic acids is 1. The van der Waals surface area contributed by atoms with Gasteiger partial charge in [0, 0.05) is 18.3 Å². The fraction of sp³-hybridized carbons (Fsp3) is 0.267. The second-order valence-corrected chi connectivity index (χ2v) is 5.59. The molecule has 0 aliphatic carbocycles. The van der Waals surface area contributed by atoms with Crippen LogP contribution in [0.4, 0.5) is 10.5 Å². The van der Waals surface area contributed by atoms with Gasteiger partial charge >= 0.3 is 6.03 Å². The Kier molecular flexibility index (Phi) is 4.45. The average Bonchev–Trinajstić information content (AvgIpc) is 3.18. The van der Waals surface area contributed by atoms with Gasteiger partial charge in [-0.3, -0.25) is 0 Å². The molecule has 2 heterocycles. The lowest BCUT2D eigenvalue weighted by Gasteiger charge is -2.11. The second-order valence-electron chi connectivity index (χ2n) is 4.81. The van der Waals surface area contributed by atoms with Crippen LogP contribution in [0.3, 0.4) is 0 Å². The van der Waals surface area contributed by atoms with E-state index in [-0.39, 0.29) is 12.8 Å².